The molecule has 0 aromatic heterocycles. The molecule has 1 aromatic rings. The molecule has 0 aliphatic carbocycles. The summed E-state index contributed by atoms with van der Waals surface area (Å²) in [5, 5.41) is 3.41. The van der Waals surface area contributed by atoms with Crippen molar-refractivity contribution in [3.05, 3.63) is 29.3 Å². The third-order valence-corrected chi connectivity index (χ3v) is 2.72. The number of rotatable bonds is 6. The van der Waals surface area contributed by atoms with Crippen LogP contribution in [0.5, 0.6) is 0 Å². The molecule has 2 heteroatoms. The van der Waals surface area contributed by atoms with Gasteiger partial charge in [-0.25, -0.2) is 0 Å². The van der Waals surface area contributed by atoms with Gasteiger partial charge in [-0.2, -0.15) is 0 Å². The zero-order valence-electron chi connectivity index (χ0n) is 10.7. The normalized spacial score (nSPS) is 12.5. The summed E-state index contributed by atoms with van der Waals surface area (Å²) >= 11 is 0. The number of anilines is 1. The molecular formula is C14H24N2. The van der Waals surface area contributed by atoms with Crippen LogP contribution in [0.3, 0.4) is 0 Å². The van der Waals surface area contributed by atoms with Gasteiger partial charge >= 0.3 is 0 Å². The van der Waals surface area contributed by atoms with Crippen LogP contribution < -0.4 is 11.1 Å². The van der Waals surface area contributed by atoms with E-state index in [2.05, 4.69) is 44.3 Å². The summed E-state index contributed by atoms with van der Waals surface area (Å²) in [6.07, 6.45) is 3.54. The molecule has 0 bridgehead atoms. The highest BCUT2D eigenvalue weighted by atomic mass is 14.9. The van der Waals surface area contributed by atoms with E-state index in [0.717, 1.165) is 13.0 Å². The maximum atomic E-state index is 6.02. The number of unbranched alkanes of at least 4 members (excludes halogenated alkanes) is 1. The molecule has 2 nitrogen and oxygen atoms in total. The van der Waals surface area contributed by atoms with E-state index < -0.39 is 0 Å². The number of hydrogen-bond donors (Lipinski definition) is 2. The number of nitrogens with one attached hydrogen (secondary N) is 1. The molecule has 3 N–H and O–H groups in total. The topological polar surface area (TPSA) is 38.0 Å². The molecule has 1 atom stereocenters. The van der Waals surface area contributed by atoms with Crippen LogP contribution in [0.4, 0.5) is 5.69 Å². The van der Waals surface area contributed by atoms with Crippen LogP contribution in [0.2, 0.25) is 0 Å². The lowest BCUT2D eigenvalue weighted by Gasteiger charge is -2.14. The monoisotopic (exact) mass is 220 g/mol. The molecule has 0 aliphatic heterocycles. The minimum atomic E-state index is 0.265. The van der Waals surface area contributed by atoms with Gasteiger partial charge in [0.15, 0.2) is 0 Å². The highest BCUT2D eigenvalue weighted by molar-refractivity contribution is 5.48. The molecule has 90 valence electrons. The van der Waals surface area contributed by atoms with Crippen LogP contribution in [0.1, 0.15) is 37.3 Å². The first-order valence-electron chi connectivity index (χ1n) is 6.19. The van der Waals surface area contributed by atoms with Crippen molar-refractivity contribution in [3.63, 3.8) is 0 Å². The Hall–Kier alpha value is -1.02. The fourth-order valence-electron chi connectivity index (χ4n) is 1.89. The van der Waals surface area contributed by atoms with Crippen molar-refractivity contribution >= 4 is 5.69 Å². The average molecular weight is 220 g/mol. The summed E-state index contributed by atoms with van der Waals surface area (Å²) in [5.41, 5.74) is 9.80. The molecule has 0 aliphatic rings. The van der Waals surface area contributed by atoms with E-state index in [4.69, 9.17) is 5.73 Å². The summed E-state index contributed by atoms with van der Waals surface area (Å²) in [6, 6.07) is 6.78. The second-order valence-electron chi connectivity index (χ2n) is 4.66. The van der Waals surface area contributed by atoms with Crippen molar-refractivity contribution in [2.75, 3.05) is 11.9 Å². The van der Waals surface area contributed by atoms with E-state index in [-0.39, 0.29) is 6.04 Å². The number of hydrogen-bond acceptors (Lipinski definition) is 2. The highest BCUT2D eigenvalue weighted by Gasteiger charge is 2.02. The Morgan fingerprint density at radius 1 is 1.19 bits per heavy atom. The van der Waals surface area contributed by atoms with Gasteiger partial charge in [0.2, 0.25) is 0 Å². The van der Waals surface area contributed by atoms with Crippen molar-refractivity contribution in [2.24, 2.45) is 5.73 Å². The predicted octanol–water partition coefficient (Wildman–Crippen LogP) is 3.23. The fourth-order valence-corrected chi connectivity index (χ4v) is 1.89. The van der Waals surface area contributed by atoms with Gasteiger partial charge in [-0.3, -0.25) is 0 Å². The molecule has 16 heavy (non-hydrogen) atoms. The number of nitrogens with two attached hydrogens (primary N) is 1. The Bertz CT molecular complexity index is 300. The van der Waals surface area contributed by atoms with Crippen molar-refractivity contribution in [3.8, 4) is 0 Å². The summed E-state index contributed by atoms with van der Waals surface area (Å²) in [4.78, 5) is 0. The van der Waals surface area contributed by atoms with Crippen LogP contribution in [0.25, 0.3) is 0 Å². The van der Waals surface area contributed by atoms with E-state index in [1.54, 1.807) is 0 Å². The van der Waals surface area contributed by atoms with E-state index in [1.165, 1.54) is 29.7 Å². The highest BCUT2D eigenvalue weighted by Crippen LogP contribution is 2.13. The molecule has 0 fully saturated rings. The van der Waals surface area contributed by atoms with Crippen molar-refractivity contribution in [1.29, 1.82) is 0 Å². The van der Waals surface area contributed by atoms with Gasteiger partial charge < -0.3 is 11.1 Å². The Morgan fingerprint density at radius 2 is 1.81 bits per heavy atom. The molecule has 1 unspecified atom stereocenters. The predicted molar refractivity (Wildman–Crippen MR) is 71.9 cm³/mol. The van der Waals surface area contributed by atoms with E-state index in [0.29, 0.717) is 0 Å². The first kappa shape index (κ1) is 13.0. The SMILES string of the molecule is CCCCC(N)CNc1cc(C)cc(C)c1. The molecule has 0 spiro atoms. The Labute approximate surface area is 99.2 Å². The van der Waals surface area contributed by atoms with Gasteiger partial charge in [0.05, 0.1) is 0 Å². The largest absolute Gasteiger partial charge is 0.383 e. The Balaban J connectivity index is 2.41. The third-order valence-electron chi connectivity index (χ3n) is 2.72. The Kier molecular flexibility index (Phi) is 5.33. The number of benzene rings is 1. The molecule has 0 radical (unpaired) electrons. The second-order valence-corrected chi connectivity index (χ2v) is 4.66. The maximum Gasteiger partial charge on any atom is 0.0346 e. The first-order valence-corrected chi connectivity index (χ1v) is 6.19. The summed E-state index contributed by atoms with van der Waals surface area (Å²) in [6.45, 7) is 7.30. The van der Waals surface area contributed by atoms with Gasteiger partial charge in [-0.05, 0) is 43.5 Å². The van der Waals surface area contributed by atoms with Crippen molar-refractivity contribution in [1.82, 2.24) is 0 Å². The summed E-state index contributed by atoms with van der Waals surface area (Å²) in [7, 11) is 0. The lowest BCUT2D eigenvalue weighted by atomic mass is 10.1. The van der Waals surface area contributed by atoms with Gasteiger partial charge in [0.1, 0.15) is 0 Å². The first-order chi connectivity index (χ1) is 7.61. The van der Waals surface area contributed by atoms with Crippen LogP contribution in [-0.2, 0) is 0 Å². The average Bonchev–Trinajstić information content (AvgIpc) is 2.22. The lowest BCUT2D eigenvalue weighted by Crippen LogP contribution is -2.28. The molecular weight excluding hydrogens is 196 g/mol. The van der Waals surface area contributed by atoms with Gasteiger partial charge in [-0.15, -0.1) is 0 Å². The fraction of sp³-hybridized carbons (Fsp3) is 0.571. The minimum absolute atomic E-state index is 0.265. The molecule has 0 saturated carbocycles. The van der Waals surface area contributed by atoms with Crippen LogP contribution in [0, 0.1) is 13.8 Å². The maximum absolute atomic E-state index is 6.02. The molecule has 0 amide bonds. The Morgan fingerprint density at radius 3 is 2.38 bits per heavy atom. The smallest absolute Gasteiger partial charge is 0.0346 e. The van der Waals surface area contributed by atoms with Crippen LogP contribution >= 0.6 is 0 Å². The molecule has 1 aromatic carbocycles. The van der Waals surface area contributed by atoms with E-state index in [1.807, 2.05) is 0 Å². The molecule has 1 rings (SSSR count). The zero-order valence-corrected chi connectivity index (χ0v) is 10.7. The quantitative estimate of drug-likeness (QED) is 0.772. The van der Waals surface area contributed by atoms with Crippen molar-refractivity contribution < 1.29 is 0 Å². The summed E-state index contributed by atoms with van der Waals surface area (Å²) in [5.74, 6) is 0. The zero-order chi connectivity index (χ0) is 12.0. The van der Waals surface area contributed by atoms with Gasteiger partial charge in [0.25, 0.3) is 0 Å². The second kappa shape index (κ2) is 6.54. The van der Waals surface area contributed by atoms with Crippen molar-refractivity contribution in [2.45, 2.75) is 46.1 Å². The minimum Gasteiger partial charge on any atom is -0.383 e. The van der Waals surface area contributed by atoms with E-state index >= 15 is 0 Å². The van der Waals surface area contributed by atoms with E-state index in [9.17, 15) is 0 Å². The molecule has 0 heterocycles. The van der Waals surface area contributed by atoms with Gasteiger partial charge in [-0.1, -0.05) is 25.8 Å². The number of aryl methyl sites for hydroxylation is 2. The third kappa shape index (κ3) is 4.67. The standard InChI is InChI=1S/C14H24N2/c1-4-5-6-13(15)10-16-14-8-11(2)7-12(3)9-14/h7-9,13,16H,4-6,10,15H2,1-3H3. The van der Waals surface area contributed by atoms with Gasteiger partial charge in [0, 0.05) is 18.3 Å². The van der Waals surface area contributed by atoms with Crippen LogP contribution in [0.15, 0.2) is 18.2 Å². The lowest BCUT2D eigenvalue weighted by molar-refractivity contribution is 0.596. The van der Waals surface area contributed by atoms with Crippen LogP contribution in [-0.4, -0.2) is 12.6 Å². The molecule has 0 saturated heterocycles. The summed E-state index contributed by atoms with van der Waals surface area (Å²) < 4.78 is 0.